The molecular weight excluding hydrogens is 344 g/mol. The molecule has 5 heteroatoms. The third-order valence-electron chi connectivity index (χ3n) is 6.39. The Balaban J connectivity index is 2.33. The molecule has 156 valence electrons. The van der Waals surface area contributed by atoms with Gasteiger partial charge in [0.05, 0.1) is 18.8 Å². The van der Waals surface area contributed by atoms with Crippen LogP contribution in [-0.2, 0) is 14.2 Å². The molecule has 0 aromatic carbocycles. The van der Waals surface area contributed by atoms with Crippen LogP contribution in [0, 0.1) is 11.3 Å². The average molecular weight is 383 g/mol. The minimum atomic E-state index is -0.292. The van der Waals surface area contributed by atoms with Gasteiger partial charge in [0.25, 0.3) is 0 Å². The zero-order valence-corrected chi connectivity index (χ0v) is 17.7. The molecule has 2 rings (SSSR count). The highest BCUT2D eigenvalue weighted by Gasteiger charge is 2.48. The van der Waals surface area contributed by atoms with Crippen molar-refractivity contribution in [3.05, 3.63) is 22.8 Å². The Morgan fingerprint density at radius 2 is 2.19 bits per heavy atom. The van der Waals surface area contributed by atoms with Gasteiger partial charge in [-0.15, -0.1) is 0 Å². The fraction of sp³-hybridized carbons (Fsp3) is 0.818. The number of rotatable bonds is 10. The highest BCUT2D eigenvalue weighted by molar-refractivity contribution is 5.39. The minimum absolute atomic E-state index is 0.00367. The first kappa shape index (κ1) is 22.6. The van der Waals surface area contributed by atoms with Crippen molar-refractivity contribution in [3.63, 3.8) is 0 Å². The highest BCUT2D eigenvalue weighted by atomic mass is 16.7. The van der Waals surface area contributed by atoms with Crippen LogP contribution in [0.3, 0.4) is 0 Å². The molecule has 1 unspecified atom stereocenters. The number of hydrogen-bond acceptors (Lipinski definition) is 5. The van der Waals surface area contributed by atoms with E-state index < -0.39 is 0 Å². The summed E-state index contributed by atoms with van der Waals surface area (Å²) in [7, 11) is 1.65. The quantitative estimate of drug-likeness (QED) is 0.446. The molecule has 27 heavy (non-hydrogen) atoms. The van der Waals surface area contributed by atoms with E-state index in [9.17, 15) is 5.11 Å². The fourth-order valence-electron chi connectivity index (χ4n) is 4.45. The monoisotopic (exact) mass is 382 g/mol. The molecule has 2 aliphatic rings. The van der Waals surface area contributed by atoms with E-state index in [0.29, 0.717) is 12.5 Å². The third kappa shape index (κ3) is 5.42. The molecule has 5 nitrogen and oxygen atoms in total. The molecular formula is C22H38O5. The SMILES string of the molecule is COCO[C@@H]1C[C@@H](C)[C@@](C)(CCC(C)O)C2=C1[C@@H](/C=C(\C)CCCO)OC2. The van der Waals surface area contributed by atoms with Crippen molar-refractivity contribution in [3.8, 4) is 0 Å². The number of ether oxygens (including phenoxy) is 3. The van der Waals surface area contributed by atoms with Crippen LogP contribution in [0.4, 0.5) is 0 Å². The van der Waals surface area contributed by atoms with Gasteiger partial charge in [-0.3, -0.25) is 0 Å². The molecule has 0 aromatic rings. The summed E-state index contributed by atoms with van der Waals surface area (Å²) in [4.78, 5) is 0. The van der Waals surface area contributed by atoms with Crippen LogP contribution in [0.15, 0.2) is 22.8 Å². The third-order valence-corrected chi connectivity index (χ3v) is 6.39. The van der Waals surface area contributed by atoms with Crippen molar-refractivity contribution in [2.24, 2.45) is 11.3 Å². The predicted molar refractivity (Wildman–Crippen MR) is 106 cm³/mol. The van der Waals surface area contributed by atoms with E-state index in [4.69, 9.17) is 19.3 Å². The number of hydrogen-bond donors (Lipinski definition) is 2. The smallest absolute Gasteiger partial charge is 0.147 e. The maximum atomic E-state index is 9.83. The second-order valence-electron chi connectivity index (χ2n) is 8.51. The van der Waals surface area contributed by atoms with Crippen molar-refractivity contribution in [1.29, 1.82) is 0 Å². The van der Waals surface area contributed by atoms with E-state index in [1.807, 2.05) is 6.92 Å². The zero-order chi connectivity index (χ0) is 20.0. The van der Waals surface area contributed by atoms with Gasteiger partial charge in [0, 0.05) is 13.7 Å². The molecule has 0 radical (unpaired) electrons. The van der Waals surface area contributed by atoms with Crippen LogP contribution >= 0.6 is 0 Å². The van der Waals surface area contributed by atoms with Gasteiger partial charge >= 0.3 is 0 Å². The molecule has 0 saturated carbocycles. The van der Waals surface area contributed by atoms with Gasteiger partial charge in [0.2, 0.25) is 0 Å². The number of allylic oxidation sites excluding steroid dienone is 1. The first-order valence-electron chi connectivity index (χ1n) is 10.2. The minimum Gasteiger partial charge on any atom is -0.396 e. The van der Waals surface area contributed by atoms with E-state index in [-0.39, 0.29) is 37.1 Å². The van der Waals surface area contributed by atoms with Crippen molar-refractivity contribution in [1.82, 2.24) is 0 Å². The van der Waals surface area contributed by atoms with Gasteiger partial charge in [0.15, 0.2) is 0 Å². The first-order valence-corrected chi connectivity index (χ1v) is 10.2. The predicted octanol–water partition coefficient (Wildman–Crippen LogP) is 3.60. The molecule has 0 fully saturated rings. The second-order valence-corrected chi connectivity index (χ2v) is 8.51. The summed E-state index contributed by atoms with van der Waals surface area (Å²) in [6, 6.07) is 0. The normalized spacial score (nSPS) is 32.7. The van der Waals surface area contributed by atoms with E-state index >= 15 is 0 Å². The Bertz CT molecular complexity index is 539. The Kier molecular flexibility index (Phi) is 8.50. The maximum Gasteiger partial charge on any atom is 0.147 e. The molecule has 0 saturated heterocycles. The number of aliphatic hydroxyl groups is 2. The topological polar surface area (TPSA) is 68.2 Å². The van der Waals surface area contributed by atoms with E-state index in [1.165, 1.54) is 16.7 Å². The Morgan fingerprint density at radius 1 is 1.44 bits per heavy atom. The fourth-order valence-corrected chi connectivity index (χ4v) is 4.45. The summed E-state index contributed by atoms with van der Waals surface area (Å²) < 4.78 is 17.4. The van der Waals surface area contributed by atoms with Crippen molar-refractivity contribution < 1.29 is 24.4 Å². The molecule has 1 aliphatic heterocycles. The van der Waals surface area contributed by atoms with Crippen LogP contribution in [0.5, 0.6) is 0 Å². The lowest BCUT2D eigenvalue weighted by molar-refractivity contribution is -0.0762. The van der Waals surface area contributed by atoms with Gasteiger partial charge in [-0.1, -0.05) is 25.5 Å². The maximum absolute atomic E-state index is 9.83. The van der Waals surface area contributed by atoms with Gasteiger partial charge in [-0.25, -0.2) is 0 Å². The lowest BCUT2D eigenvalue weighted by Crippen LogP contribution is -2.40. The Hall–Kier alpha value is -0.720. The van der Waals surface area contributed by atoms with Crippen molar-refractivity contribution in [2.45, 2.75) is 78.1 Å². The summed E-state index contributed by atoms with van der Waals surface area (Å²) in [5, 5.41) is 18.9. The molecule has 1 heterocycles. The van der Waals surface area contributed by atoms with Crippen LogP contribution in [-0.4, -0.2) is 55.6 Å². The van der Waals surface area contributed by atoms with Gasteiger partial charge in [-0.2, -0.15) is 0 Å². The summed E-state index contributed by atoms with van der Waals surface area (Å²) >= 11 is 0. The second kappa shape index (κ2) is 10.2. The summed E-state index contributed by atoms with van der Waals surface area (Å²) in [6.45, 7) is 9.66. The Morgan fingerprint density at radius 3 is 2.81 bits per heavy atom. The zero-order valence-electron chi connectivity index (χ0n) is 17.7. The van der Waals surface area contributed by atoms with E-state index in [0.717, 1.165) is 32.1 Å². The summed E-state index contributed by atoms with van der Waals surface area (Å²) in [6.07, 6.45) is 6.14. The molecule has 0 aromatic heterocycles. The number of aliphatic hydroxyl groups excluding tert-OH is 2. The molecule has 0 bridgehead atoms. The highest BCUT2D eigenvalue weighted by Crippen LogP contribution is 2.52. The Labute approximate surface area is 164 Å². The van der Waals surface area contributed by atoms with Crippen LogP contribution in [0.1, 0.15) is 59.8 Å². The van der Waals surface area contributed by atoms with Crippen LogP contribution < -0.4 is 0 Å². The molecule has 0 spiro atoms. The molecule has 1 aliphatic carbocycles. The average Bonchev–Trinajstić information content (AvgIpc) is 3.05. The number of methoxy groups -OCH3 is 1. The molecule has 2 N–H and O–H groups in total. The van der Waals surface area contributed by atoms with Gasteiger partial charge in [0.1, 0.15) is 12.9 Å². The largest absolute Gasteiger partial charge is 0.396 e. The lowest BCUT2D eigenvalue weighted by Gasteiger charge is -2.44. The summed E-state index contributed by atoms with van der Waals surface area (Å²) in [5.74, 6) is 0.443. The lowest BCUT2D eigenvalue weighted by atomic mass is 9.61. The van der Waals surface area contributed by atoms with Crippen molar-refractivity contribution in [2.75, 3.05) is 27.1 Å². The van der Waals surface area contributed by atoms with Gasteiger partial charge < -0.3 is 24.4 Å². The summed E-state index contributed by atoms with van der Waals surface area (Å²) in [5.41, 5.74) is 3.85. The van der Waals surface area contributed by atoms with Gasteiger partial charge in [-0.05, 0) is 68.4 Å². The van der Waals surface area contributed by atoms with Crippen molar-refractivity contribution >= 4 is 0 Å². The first-order chi connectivity index (χ1) is 12.8. The standard InChI is InChI=1S/C22H38O5/c1-15(7-6-10-23)11-19-21-18(13-26-19)22(4,9-8-17(3)24)16(2)12-20(21)27-14-25-5/h11,16-17,19-20,23-24H,6-10,12-14H2,1-5H3/b15-11+/t16-,17?,19-,20-,22-/m1/s1. The van der Waals surface area contributed by atoms with Crippen LogP contribution in [0.2, 0.25) is 0 Å². The van der Waals surface area contributed by atoms with Crippen LogP contribution in [0.25, 0.3) is 0 Å². The molecule has 5 atom stereocenters. The molecule has 0 amide bonds. The van der Waals surface area contributed by atoms with E-state index in [2.05, 4.69) is 26.8 Å². The van der Waals surface area contributed by atoms with E-state index in [1.54, 1.807) is 7.11 Å².